The molecule has 0 bridgehead atoms. The number of carbonyl (C=O) groups is 2. The van der Waals surface area contributed by atoms with Crippen LogP contribution in [-0.2, 0) is 16.0 Å². The van der Waals surface area contributed by atoms with Gasteiger partial charge in [0.1, 0.15) is 17.7 Å². The molecule has 0 aliphatic heterocycles. The van der Waals surface area contributed by atoms with E-state index in [0.717, 1.165) is 37.5 Å². The van der Waals surface area contributed by atoms with Crippen molar-refractivity contribution in [3.8, 4) is 0 Å². The van der Waals surface area contributed by atoms with Crippen LogP contribution in [0.3, 0.4) is 0 Å². The molecular weight excluding hydrogens is 316 g/mol. The van der Waals surface area contributed by atoms with E-state index in [-0.39, 0.29) is 24.3 Å². The van der Waals surface area contributed by atoms with Gasteiger partial charge in [0.05, 0.1) is 0 Å². The van der Waals surface area contributed by atoms with Crippen molar-refractivity contribution in [2.24, 2.45) is 5.92 Å². The van der Waals surface area contributed by atoms with Crippen molar-refractivity contribution in [3.63, 3.8) is 0 Å². The predicted octanol–water partition coefficient (Wildman–Crippen LogP) is 3.44. The van der Waals surface area contributed by atoms with E-state index >= 15 is 0 Å². The van der Waals surface area contributed by atoms with Crippen LogP contribution in [0.4, 0.5) is 8.78 Å². The molecule has 1 amide bonds. The van der Waals surface area contributed by atoms with Crippen LogP contribution in [0.15, 0.2) is 18.2 Å². The summed E-state index contributed by atoms with van der Waals surface area (Å²) in [5.74, 6) is -2.55. The topological polar surface area (TPSA) is 66.4 Å². The Bertz CT molecular complexity index is 565. The molecule has 1 aliphatic rings. The fourth-order valence-corrected chi connectivity index (χ4v) is 3.24. The third-order valence-electron chi connectivity index (χ3n) is 4.50. The van der Waals surface area contributed by atoms with E-state index in [1.165, 1.54) is 19.3 Å². The molecule has 0 heterocycles. The number of halogens is 2. The highest BCUT2D eigenvalue weighted by Gasteiger charge is 2.22. The summed E-state index contributed by atoms with van der Waals surface area (Å²) in [4.78, 5) is 23.3. The molecule has 0 saturated heterocycles. The number of carboxylic acids is 1. The molecule has 2 rings (SSSR count). The van der Waals surface area contributed by atoms with Gasteiger partial charge in [-0.3, -0.25) is 4.79 Å². The molecule has 1 atom stereocenters. The SMILES string of the molecule is O=C(CCC1CCCCC1)NC(Cc1cc(F)cc(F)c1)C(=O)O. The van der Waals surface area contributed by atoms with Gasteiger partial charge in [0, 0.05) is 18.9 Å². The first kappa shape index (κ1) is 18.4. The van der Waals surface area contributed by atoms with E-state index in [1.54, 1.807) is 0 Å². The van der Waals surface area contributed by atoms with Gasteiger partial charge in [-0.05, 0) is 30.0 Å². The molecule has 1 aromatic carbocycles. The highest BCUT2D eigenvalue weighted by Crippen LogP contribution is 2.27. The Morgan fingerprint density at radius 1 is 1.12 bits per heavy atom. The van der Waals surface area contributed by atoms with Gasteiger partial charge in [-0.25, -0.2) is 13.6 Å². The largest absolute Gasteiger partial charge is 0.480 e. The van der Waals surface area contributed by atoms with Gasteiger partial charge < -0.3 is 10.4 Å². The number of rotatable bonds is 7. The van der Waals surface area contributed by atoms with Gasteiger partial charge >= 0.3 is 5.97 Å². The first-order valence-corrected chi connectivity index (χ1v) is 8.41. The van der Waals surface area contributed by atoms with Crippen LogP contribution in [0, 0.1) is 17.6 Å². The minimum absolute atomic E-state index is 0.154. The lowest BCUT2D eigenvalue weighted by molar-refractivity contribution is -0.141. The summed E-state index contributed by atoms with van der Waals surface area (Å²) in [6.45, 7) is 0. The second kappa shape index (κ2) is 8.76. The van der Waals surface area contributed by atoms with Crippen molar-refractivity contribution in [2.45, 2.75) is 57.4 Å². The predicted molar refractivity (Wildman–Crippen MR) is 85.4 cm³/mol. The molecule has 0 radical (unpaired) electrons. The van der Waals surface area contributed by atoms with E-state index in [9.17, 15) is 23.5 Å². The Labute approximate surface area is 140 Å². The van der Waals surface area contributed by atoms with Gasteiger partial charge in [-0.1, -0.05) is 32.1 Å². The number of amides is 1. The molecule has 2 N–H and O–H groups in total. The normalized spacial score (nSPS) is 16.6. The Hall–Kier alpha value is -1.98. The number of nitrogens with one attached hydrogen (secondary N) is 1. The molecule has 1 unspecified atom stereocenters. The number of carbonyl (C=O) groups excluding carboxylic acids is 1. The molecular formula is C18H23F2NO3. The van der Waals surface area contributed by atoms with E-state index in [4.69, 9.17) is 0 Å². The Morgan fingerprint density at radius 2 is 1.75 bits per heavy atom. The molecule has 1 aliphatic carbocycles. The maximum absolute atomic E-state index is 13.2. The number of carboxylic acid groups (broad SMARTS) is 1. The smallest absolute Gasteiger partial charge is 0.326 e. The van der Waals surface area contributed by atoms with E-state index in [0.29, 0.717) is 5.92 Å². The molecule has 1 fully saturated rings. The summed E-state index contributed by atoms with van der Waals surface area (Å²) >= 11 is 0. The Morgan fingerprint density at radius 3 is 2.33 bits per heavy atom. The standard InChI is InChI=1S/C18H23F2NO3/c19-14-8-13(9-15(20)11-14)10-16(18(23)24)21-17(22)7-6-12-4-2-1-3-5-12/h8-9,11-12,16H,1-7,10H2,(H,21,22)(H,23,24). The lowest BCUT2D eigenvalue weighted by atomic mass is 9.86. The van der Waals surface area contributed by atoms with Crippen molar-refractivity contribution in [1.29, 1.82) is 0 Å². The first-order valence-electron chi connectivity index (χ1n) is 8.41. The second-order valence-corrected chi connectivity index (χ2v) is 6.48. The fourth-order valence-electron chi connectivity index (χ4n) is 3.24. The Balaban J connectivity index is 1.87. The number of benzene rings is 1. The summed E-state index contributed by atoms with van der Waals surface area (Å²) in [6.07, 6.45) is 6.76. The average molecular weight is 339 g/mol. The van der Waals surface area contributed by atoms with Gasteiger partial charge in [0.25, 0.3) is 0 Å². The summed E-state index contributed by atoms with van der Waals surface area (Å²) < 4.78 is 26.4. The molecule has 0 spiro atoms. The van der Waals surface area contributed by atoms with Gasteiger partial charge in [0.15, 0.2) is 0 Å². The number of hydrogen-bond acceptors (Lipinski definition) is 2. The van der Waals surface area contributed by atoms with Gasteiger partial charge in [0.2, 0.25) is 5.91 Å². The van der Waals surface area contributed by atoms with Crippen LogP contribution in [0.25, 0.3) is 0 Å². The first-order chi connectivity index (χ1) is 11.4. The highest BCUT2D eigenvalue weighted by molar-refractivity contribution is 5.83. The fraction of sp³-hybridized carbons (Fsp3) is 0.556. The van der Waals surface area contributed by atoms with Crippen LogP contribution >= 0.6 is 0 Å². The van der Waals surface area contributed by atoms with Crippen molar-refractivity contribution >= 4 is 11.9 Å². The van der Waals surface area contributed by atoms with Crippen molar-refractivity contribution in [3.05, 3.63) is 35.4 Å². The second-order valence-electron chi connectivity index (χ2n) is 6.48. The van der Waals surface area contributed by atoms with E-state index in [2.05, 4.69) is 5.32 Å². The van der Waals surface area contributed by atoms with Crippen LogP contribution in [0.2, 0.25) is 0 Å². The van der Waals surface area contributed by atoms with E-state index < -0.39 is 23.6 Å². The number of aliphatic carboxylic acids is 1. The van der Waals surface area contributed by atoms with Gasteiger partial charge in [-0.15, -0.1) is 0 Å². The van der Waals surface area contributed by atoms with Crippen LogP contribution in [0.1, 0.15) is 50.5 Å². The zero-order chi connectivity index (χ0) is 17.5. The van der Waals surface area contributed by atoms with Crippen LogP contribution < -0.4 is 5.32 Å². The third-order valence-corrected chi connectivity index (χ3v) is 4.50. The van der Waals surface area contributed by atoms with Crippen molar-refractivity contribution in [1.82, 2.24) is 5.32 Å². The average Bonchev–Trinajstić information content (AvgIpc) is 2.52. The minimum Gasteiger partial charge on any atom is -0.480 e. The molecule has 6 heteroatoms. The van der Waals surface area contributed by atoms with Crippen molar-refractivity contribution in [2.75, 3.05) is 0 Å². The number of hydrogen-bond donors (Lipinski definition) is 2. The lowest BCUT2D eigenvalue weighted by Crippen LogP contribution is -2.42. The lowest BCUT2D eigenvalue weighted by Gasteiger charge is -2.21. The van der Waals surface area contributed by atoms with Crippen LogP contribution in [-0.4, -0.2) is 23.0 Å². The van der Waals surface area contributed by atoms with Crippen molar-refractivity contribution < 1.29 is 23.5 Å². The molecule has 1 saturated carbocycles. The van der Waals surface area contributed by atoms with Gasteiger partial charge in [-0.2, -0.15) is 0 Å². The quantitative estimate of drug-likeness (QED) is 0.800. The van der Waals surface area contributed by atoms with E-state index in [1.807, 2.05) is 0 Å². The van der Waals surface area contributed by atoms with Crippen LogP contribution in [0.5, 0.6) is 0 Å². The molecule has 4 nitrogen and oxygen atoms in total. The maximum Gasteiger partial charge on any atom is 0.326 e. The minimum atomic E-state index is -1.22. The maximum atomic E-state index is 13.2. The Kier molecular flexibility index (Phi) is 6.70. The highest BCUT2D eigenvalue weighted by atomic mass is 19.1. The summed E-state index contributed by atoms with van der Waals surface area (Å²) in [5.41, 5.74) is 0.201. The summed E-state index contributed by atoms with van der Waals surface area (Å²) in [7, 11) is 0. The molecule has 0 aromatic heterocycles. The molecule has 132 valence electrons. The zero-order valence-corrected chi connectivity index (χ0v) is 13.6. The molecule has 24 heavy (non-hydrogen) atoms. The summed E-state index contributed by atoms with van der Waals surface area (Å²) in [5, 5.41) is 11.7. The molecule has 1 aromatic rings. The zero-order valence-electron chi connectivity index (χ0n) is 13.6. The monoisotopic (exact) mass is 339 g/mol. The third kappa shape index (κ3) is 5.91. The summed E-state index contributed by atoms with van der Waals surface area (Å²) in [6, 6.07) is 1.69.